The molecule has 0 radical (unpaired) electrons. The van der Waals surface area contributed by atoms with Crippen LogP contribution < -0.4 is 0 Å². The number of nitrogens with zero attached hydrogens (tertiary/aromatic N) is 2. The number of hydrogen-bond donors (Lipinski definition) is 1. The van der Waals surface area contributed by atoms with Gasteiger partial charge in [-0.1, -0.05) is 17.7 Å². The lowest BCUT2D eigenvalue weighted by Crippen LogP contribution is -2.04. The maximum absolute atomic E-state index is 13.6. The minimum atomic E-state index is -0.907. The molecule has 1 aromatic carbocycles. The van der Waals surface area contributed by atoms with Crippen LogP contribution in [0.2, 0.25) is 5.02 Å². The van der Waals surface area contributed by atoms with Crippen LogP contribution >= 0.6 is 11.6 Å². The molecular weight excluding hydrogens is 259 g/mol. The monoisotopic (exact) mass is 268 g/mol. The third-order valence-corrected chi connectivity index (χ3v) is 2.75. The number of aryl methyl sites for hydroxylation is 1. The van der Waals surface area contributed by atoms with Gasteiger partial charge >= 0.3 is 5.97 Å². The number of carboxylic acid groups (broad SMARTS) is 1. The Balaban J connectivity index is 2.27. The number of benzene rings is 1. The summed E-state index contributed by atoms with van der Waals surface area (Å²) in [5.74, 6) is -1.34. The number of carbonyl (C=O) groups is 1. The third kappa shape index (κ3) is 2.68. The van der Waals surface area contributed by atoms with Crippen molar-refractivity contribution in [1.82, 2.24) is 9.78 Å². The number of aliphatic carboxylic acids is 1. The summed E-state index contributed by atoms with van der Waals surface area (Å²) in [5, 5.41) is 12.8. The van der Waals surface area contributed by atoms with Crippen LogP contribution in [-0.4, -0.2) is 20.9 Å². The van der Waals surface area contributed by atoms with Crippen LogP contribution in [0.15, 0.2) is 30.6 Å². The summed E-state index contributed by atoms with van der Waals surface area (Å²) < 4.78 is 15.1. The van der Waals surface area contributed by atoms with Gasteiger partial charge in [0.1, 0.15) is 5.82 Å². The van der Waals surface area contributed by atoms with Crippen molar-refractivity contribution in [2.24, 2.45) is 0 Å². The van der Waals surface area contributed by atoms with E-state index in [1.165, 1.54) is 23.0 Å². The molecule has 0 fully saturated rings. The number of hydrogen-bond acceptors (Lipinski definition) is 2. The second kappa shape index (κ2) is 5.18. The molecule has 2 aromatic rings. The third-order valence-electron chi connectivity index (χ3n) is 2.44. The summed E-state index contributed by atoms with van der Waals surface area (Å²) in [6.45, 7) is 0.238. The number of halogens is 2. The van der Waals surface area contributed by atoms with Crippen molar-refractivity contribution in [1.29, 1.82) is 0 Å². The van der Waals surface area contributed by atoms with Crippen molar-refractivity contribution < 1.29 is 14.3 Å². The molecule has 2 rings (SSSR count). The van der Waals surface area contributed by atoms with Crippen LogP contribution in [0.25, 0.3) is 11.1 Å². The standard InChI is InChI=1S/C12H10ClFN2O2/c13-9-2-1-3-10(14)12(9)8-6-15-16(7-8)5-4-11(17)18/h1-3,6-7H,4-5H2,(H,17,18). The molecule has 0 saturated heterocycles. The highest BCUT2D eigenvalue weighted by Gasteiger charge is 2.11. The number of carboxylic acids is 1. The van der Waals surface area contributed by atoms with Crippen molar-refractivity contribution in [3.8, 4) is 11.1 Å². The predicted molar refractivity (Wildman–Crippen MR) is 64.9 cm³/mol. The van der Waals surface area contributed by atoms with Gasteiger partial charge < -0.3 is 5.11 Å². The first kappa shape index (κ1) is 12.6. The highest BCUT2D eigenvalue weighted by atomic mass is 35.5. The molecule has 0 saturated carbocycles. The average molecular weight is 269 g/mol. The summed E-state index contributed by atoms with van der Waals surface area (Å²) in [4.78, 5) is 10.4. The quantitative estimate of drug-likeness (QED) is 0.928. The molecule has 18 heavy (non-hydrogen) atoms. The first-order valence-electron chi connectivity index (χ1n) is 5.26. The van der Waals surface area contributed by atoms with E-state index in [1.54, 1.807) is 12.3 Å². The molecule has 6 heteroatoms. The van der Waals surface area contributed by atoms with E-state index >= 15 is 0 Å². The average Bonchev–Trinajstić information content (AvgIpc) is 2.75. The molecule has 0 unspecified atom stereocenters. The van der Waals surface area contributed by atoms with Crippen LogP contribution in [0, 0.1) is 5.82 Å². The van der Waals surface area contributed by atoms with Gasteiger partial charge in [-0.15, -0.1) is 0 Å². The van der Waals surface area contributed by atoms with Crippen LogP contribution in [0.1, 0.15) is 6.42 Å². The van der Waals surface area contributed by atoms with Crippen LogP contribution in [-0.2, 0) is 11.3 Å². The highest BCUT2D eigenvalue weighted by Crippen LogP contribution is 2.29. The maximum Gasteiger partial charge on any atom is 0.305 e. The molecule has 1 heterocycles. The Kier molecular flexibility index (Phi) is 3.62. The minimum Gasteiger partial charge on any atom is -0.481 e. The van der Waals surface area contributed by atoms with Crippen LogP contribution in [0.4, 0.5) is 4.39 Å². The SMILES string of the molecule is O=C(O)CCn1cc(-c2c(F)cccc2Cl)cn1. The van der Waals surface area contributed by atoms with E-state index in [2.05, 4.69) is 5.10 Å². The summed E-state index contributed by atoms with van der Waals surface area (Å²) >= 11 is 5.93. The Morgan fingerprint density at radius 1 is 1.50 bits per heavy atom. The van der Waals surface area contributed by atoms with Gasteiger partial charge in [0.25, 0.3) is 0 Å². The molecule has 94 valence electrons. The summed E-state index contributed by atoms with van der Waals surface area (Å²) in [6, 6.07) is 4.43. The molecule has 0 spiro atoms. The Bertz CT molecular complexity index is 563. The van der Waals surface area contributed by atoms with E-state index in [9.17, 15) is 9.18 Å². The first-order valence-corrected chi connectivity index (χ1v) is 5.64. The fraction of sp³-hybridized carbons (Fsp3) is 0.167. The largest absolute Gasteiger partial charge is 0.481 e. The van der Waals surface area contributed by atoms with Gasteiger partial charge in [0.05, 0.1) is 24.2 Å². The Morgan fingerprint density at radius 2 is 2.28 bits per heavy atom. The lowest BCUT2D eigenvalue weighted by molar-refractivity contribution is -0.137. The number of aromatic nitrogens is 2. The van der Waals surface area contributed by atoms with E-state index in [0.29, 0.717) is 10.6 Å². The van der Waals surface area contributed by atoms with E-state index in [4.69, 9.17) is 16.7 Å². The molecule has 0 atom stereocenters. The smallest absolute Gasteiger partial charge is 0.305 e. The molecule has 0 aliphatic carbocycles. The van der Waals surface area contributed by atoms with Gasteiger partial charge in [-0.2, -0.15) is 5.10 Å². The predicted octanol–water partition coefficient (Wildman–Crippen LogP) is 2.82. The molecule has 0 aliphatic rings. The Morgan fingerprint density at radius 3 is 2.94 bits per heavy atom. The van der Waals surface area contributed by atoms with Crippen molar-refractivity contribution in [3.05, 3.63) is 41.4 Å². The molecule has 0 amide bonds. The fourth-order valence-electron chi connectivity index (χ4n) is 1.60. The van der Waals surface area contributed by atoms with E-state index in [-0.39, 0.29) is 18.5 Å². The normalized spacial score (nSPS) is 10.6. The van der Waals surface area contributed by atoms with E-state index in [0.717, 1.165) is 0 Å². The summed E-state index contributed by atoms with van der Waals surface area (Å²) in [6.07, 6.45) is 3.01. The van der Waals surface area contributed by atoms with Gasteiger partial charge in [0, 0.05) is 17.3 Å². The lowest BCUT2D eigenvalue weighted by atomic mass is 10.1. The molecule has 0 aliphatic heterocycles. The Hall–Kier alpha value is -1.88. The van der Waals surface area contributed by atoms with E-state index < -0.39 is 11.8 Å². The first-order chi connectivity index (χ1) is 8.58. The second-order valence-electron chi connectivity index (χ2n) is 3.73. The van der Waals surface area contributed by atoms with Crippen LogP contribution in [0.5, 0.6) is 0 Å². The molecule has 4 nitrogen and oxygen atoms in total. The fourth-order valence-corrected chi connectivity index (χ4v) is 1.87. The zero-order valence-electron chi connectivity index (χ0n) is 9.31. The van der Waals surface area contributed by atoms with Gasteiger partial charge in [-0.05, 0) is 12.1 Å². The summed E-state index contributed by atoms with van der Waals surface area (Å²) in [5.41, 5.74) is 0.809. The van der Waals surface area contributed by atoms with Gasteiger partial charge in [-0.25, -0.2) is 4.39 Å². The topological polar surface area (TPSA) is 55.1 Å². The molecule has 1 aromatic heterocycles. The number of rotatable bonds is 4. The zero-order valence-corrected chi connectivity index (χ0v) is 10.1. The molecular formula is C12H10ClFN2O2. The van der Waals surface area contributed by atoms with Gasteiger partial charge in [-0.3, -0.25) is 9.48 Å². The summed E-state index contributed by atoms with van der Waals surface area (Å²) in [7, 11) is 0. The van der Waals surface area contributed by atoms with Crippen molar-refractivity contribution in [2.75, 3.05) is 0 Å². The van der Waals surface area contributed by atoms with Crippen molar-refractivity contribution in [2.45, 2.75) is 13.0 Å². The minimum absolute atomic E-state index is 0.0356. The Labute approximate surface area is 108 Å². The van der Waals surface area contributed by atoms with Crippen molar-refractivity contribution in [3.63, 3.8) is 0 Å². The lowest BCUT2D eigenvalue weighted by Gasteiger charge is -2.02. The molecule has 0 bridgehead atoms. The second-order valence-corrected chi connectivity index (χ2v) is 4.14. The van der Waals surface area contributed by atoms with Crippen LogP contribution in [0.3, 0.4) is 0 Å². The van der Waals surface area contributed by atoms with E-state index in [1.807, 2.05) is 0 Å². The maximum atomic E-state index is 13.6. The van der Waals surface area contributed by atoms with Gasteiger partial charge in [0.15, 0.2) is 0 Å². The zero-order chi connectivity index (χ0) is 13.1. The molecule has 1 N–H and O–H groups in total. The van der Waals surface area contributed by atoms with Crippen molar-refractivity contribution >= 4 is 17.6 Å². The van der Waals surface area contributed by atoms with Gasteiger partial charge in [0.2, 0.25) is 0 Å². The highest BCUT2D eigenvalue weighted by molar-refractivity contribution is 6.33.